The predicted octanol–water partition coefficient (Wildman–Crippen LogP) is 2.09. The van der Waals surface area contributed by atoms with E-state index in [9.17, 15) is 9.36 Å². The van der Waals surface area contributed by atoms with Crippen LogP contribution >= 0.6 is 6.80 Å². The van der Waals surface area contributed by atoms with Gasteiger partial charge in [0.2, 0.25) is 0 Å². The molecule has 14 heavy (non-hydrogen) atoms. The highest BCUT2D eigenvalue weighted by atomic mass is 32.4. The Labute approximate surface area is 86.4 Å². The van der Waals surface area contributed by atoms with Gasteiger partial charge in [0.1, 0.15) is 6.29 Å². The van der Waals surface area contributed by atoms with Crippen molar-refractivity contribution in [2.75, 3.05) is 7.11 Å². The van der Waals surface area contributed by atoms with Crippen LogP contribution in [0, 0.1) is 0 Å². The molecule has 0 N–H and O–H groups in total. The molecule has 0 spiro atoms. The van der Waals surface area contributed by atoms with Crippen LogP contribution in [0.2, 0.25) is 0 Å². The second-order valence-corrected chi connectivity index (χ2v) is 3.87. The van der Waals surface area contributed by atoms with E-state index in [1.54, 1.807) is 0 Å². The monoisotopic (exact) mass is 230 g/mol. The fourth-order valence-corrected chi connectivity index (χ4v) is 1.47. The van der Waals surface area contributed by atoms with E-state index >= 15 is 0 Å². The Morgan fingerprint density at radius 1 is 1.43 bits per heavy atom. The molecule has 0 aromatic heterocycles. The summed E-state index contributed by atoms with van der Waals surface area (Å²) >= 11 is 4.39. The highest BCUT2D eigenvalue weighted by Gasteiger charge is 2.05. The maximum atomic E-state index is 10.7. The Bertz CT molecular complexity index is 406. The maximum Gasteiger partial charge on any atom is 0.368 e. The van der Waals surface area contributed by atoms with Gasteiger partial charge in [0.05, 0.1) is 7.11 Å². The van der Waals surface area contributed by atoms with Crippen LogP contribution < -0.4 is 9.26 Å². The van der Waals surface area contributed by atoms with Gasteiger partial charge in [0.15, 0.2) is 11.5 Å². The van der Waals surface area contributed by atoms with Crippen LogP contribution in [-0.4, -0.2) is 13.4 Å². The molecule has 0 saturated carbocycles. The molecule has 74 valence electrons. The molecule has 0 amide bonds. The Morgan fingerprint density at radius 3 is 2.64 bits per heavy atom. The number of methoxy groups -OCH3 is 1. The summed E-state index contributed by atoms with van der Waals surface area (Å²) in [6.07, 6.45) is 0.681. The minimum absolute atomic E-state index is 0.272. The lowest BCUT2D eigenvalue weighted by Gasteiger charge is -2.05. The lowest BCUT2D eigenvalue weighted by molar-refractivity contribution is 0.112. The first kappa shape index (κ1) is 10.9. The summed E-state index contributed by atoms with van der Waals surface area (Å²) in [5.41, 5.74) is 0.453. The highest BCUT2D eigenvalue weighted by molar-refractivity contribution is 7.97. The SMILES string of the molecule is COc1cc(C=O)ccc1OP(=O)=S. The zero-order valence-corrected chi connectivity index (χ0v) is 9.01. The topological polar surface area (TPSA) is 52.6 Å². The van der Waals surface area contributed by atoms with Crippen molar-refractivity contribution in [3.63, 3.8) is 0 Å². The number of hydrogen-bond acceptors (Lipinski definition) is 5. The van der Waals surface area contributed by atoms with Gasteiger partial charge in [0.25, 0.3) is 0 Å². The van der Waals surface area contributed by atoms with Gasteiger partial charge in [-0.25, -0.2) is 4.57 Å². The van der Waals surface area contributed by atoms with E-state index in [1.807, 2.05) is 0 Å². The van der Waals surface area contributed by atoms with Crippen LogP contribution in [0.3, 0.4) is 0 Å². The predicted molar refractivity (Wildman–Crippen MR) is 54.0 cm³/mol. The van der Waals surface area contributed by atoms with Crippen LogP contribution in [0.5, 0.6) is 11.5 Å². The van der Waals surface area contributed by atoms with Crippen molar-refractivity contribution in [2.24, 2.45) is 0 Å². The fraction of sp³-hybridized carbons (Fsp3) is 0.125. The first-order valence-corrected chi connectivity index (χ1v) is 5.82. The Balaban J connectivity index is 3.10. The lowest BCUT2D eigenvalue weighted by atomic mass is 10.2. The second kappa shape index (κ2) is 4.88. The molecule has 0 aliphatic heterocycles. The van der Waals surface area contributed by atoms with Crippen molar-refractivity contribution in [3.05, 3.63) is 23.8 Å². The van der Waals surface area contributed by atoms with Crippen LogP contribution in [0.15, 0.2) is 18.2 Å². The van der Waals surface area contributed by atoms with Crippen molar-refractivity contribution >= 4 is 24.9 Å². The largest absolute Gasteiger partial charge is 0.493 e. The summed E-state index contributed by atoms with van der Waals surface area (Å²) in [6.45, 7) is -2.15. The second-order valence-electron chi connectivity index (χ2n) is 2.34. The van der Waals surface area contributed by atoms with E-state index in [4.69, 9.17) is 9.26 Å². The van der Waals surface area contributed by atoms with Gasteiger partial charge >= 0.3 is 6.80 Å². The first-order chi connectivity index (χ1) is 6.67. The van der Waals surface area contributed by atoms with Crippen molar-refractivity contribution in [3.8, 4) is 11.5 Å². The molecule has 4 nitrogen and oxygen atoms in total. The molecular formula is C8H7O4PS. The van der Waals surface area contributed by atoms with E-state index in [0.29, 0.717) is 17.6 Å². The molecule has 0 heterocycles. The third-order valence-corrected chi connectivity index (χ3v) is 2.07. The summed E-state index contributed by atoms with van der Waals surface area (Å²) in [5.74, 6) is 0.608. The third-order valence-electron chi connectivity index (χ3n) is 1.50. The zero-order chi connectivity index (χ0) is 10.6. The van der Waals surface area contributed by atoms with Crippen molar-refractivity contribution < 1.29 is 18.6 Å². The summed E-state index contributed by atoms with van der Waals surface area (Å²) in [6, 6.07) is 4.50. The van der Waals surface area contributed by atoms with Gasteiger partial charge in [-0.3, -0.25) is 4.79 Å². The molecule has 1 aromatic rings. The minimum atomic E-state index is -2.15. The number of hydrogen-bond donors (Lipinski definition) is 0. The summed E-state index contributed by atoms with van der Waals surface area (Å²) in [7, 11) is 1.42. The fourth-order valence-electron chi connectivity index (χ4n) is 0.913. The van der Waals surface area contributed by atoms with Crippen molar-refractivity contribution in [1.82, 2.24) is 0 Å². The number of carbonyl (C=O) groups is 1. The van der Waals surface area contributed by atoms with Gasteiger partial charge in [-0.1, -0.05) is 0 Å². The number of carbonyl (C=O) groups excluding carboxylic acids is 1. The minimum Gasteiger partial charge on any atom is -0.493 e. The Hall–Kier alpha value is -1.19. The third kappa shape index (κ3) is 2.65. The van der Waals surface area contributed by atoms with Crippen molar-refractivity contribution in [2.45, 2.75) is 0 Å². The Morgan fingerprint density at radius 2 is 2.14 bits per heavy atom. The van der Waals surface area contributed by atoms with E-state index in [2.05, 4.69) is 11.8 Å². The lowest BCUT2D eigenvalue weighted by Crippen LogP contribution is -1.89. The molecule has 0 bridgehead atoms. The van der Waals surface area contributed by atoms with Gasteiger partial charge in [-0.05, 0) is 18.2 Å². The van der Waals surface area contributed by atoms with E-state index in [0.717, 1.165) is 0 Å². The molecule has 0 saturated heterocycles. The molecule has 1 unspecified atom stereocenters. The molecule has 0 fully saturated rings. The van der Waals surface area contributed by atoms with Gasteiger partial charge in [0, 0.05) is 17.4 Å². The quantitative estimate of drug-likeness (QED) is 0.585. The summed E-state index contributed by atoms with van der Waals surface area (Å²) in [5, 5.41) is 0. The number of rotatable bonds is 4. The zero-order valence-electron chi connectivity index (χ0n) is 7.30. The molecule has 1 rings (SSSR count). The summed E-state index contributed by atoms with van der Waals surface area (Å²) < 4.78 is 20.4. The number of benzene rings is 1. The summed E-state index contributed by atoms with van der Waals surface area (Å²) in [4.78, 5) is 10.4. The maximum absolute atomic E-state index is 10.7. The average molecular weight is 230 g/mol. The van der Waals surface area contributed by atoms with Crippen LogP contribution in [-0.2, 0) is 16.4 Å². The van der Waals surface area contributed by atoms with Gasteiger partial charge < -0.3 is 9.26 Å². The molecule has 0 radical (unpaired) electrons. The highest BCUT2D eigenvalue weighted by Crippen LogP contribution is 2.31. The van der Waals surface area contributed by atoms with Crippen LogP contribution in [0.4, 0.5) is 0 Å². The molecule has 1 atom stereocenters. The van der Waals surface area contributed by atoms with Gasteiger partial charge in [-0.15, -0.1) is 0 Å². The molecule has 1 aromatic carbocycles. The Kier molecular flexibility index (Phi) is 3.80. The average Bonchev–Trinajstić information content (AvgIpc) is 2.17. The smallest absolute Gasteiger partial charge is 0.368 e. The van der Waals surface area contributed by atoms with Crippen LogP contribution in [0.1, 0.15) is 10.4 Å². The van der Waals surface area contributed by atoms with E-state index in [-0.39, 0.29) is 5.75 Å². The molecular weight excluding hydrogens is 223 g/mol. The van der Waals surface area contributed by atoms with Gasteiger partial charge in [-0.2, -0.15) is 0 Å². The van der Waals surface area contributed by atoms with Crippen LogP contribution in [0.25, 0.3) is 0 Å². The standard InChI is InChI=1S/C8H7O4PS/c1-11-8-4-6(5-9)2-3-7(8)12-13(10)14/h2-5H,1H3. The molecule has 0 aliphatic carbocycles. The molecule has 0 aliphatic rings. The van der Waals surface area contributed by atoms with E-state index in [1.165, 1.54) is 25.3 Å². The normalized spacial score (nSPS) is 10.5. The van der Waals surface area contributed by atoms with Crippen molar-refractivity contribution in [1.29, 1.82) is 0 Å². The molecule has 6 heteroatoms. The number of aldehydes is 1. The number of ether oxygens (including phenoxy) is 1. The van der Waals surface area contributed by atoms with E-state index < -0.39 is 6.80 Å². The first-order valence-electron chi connectivity index (χ1n) is 3.63.